The van der Waals surface area contributed by atoms with Gasteiger partial charge in [-0.15, -0.1) is 0 Å². The van der Waals surface area contributed by atoms with Crippen LogP contribution in [-0.4, -0.2) is 21.1 Å². The molecule has 9 heteroatoms. The first-order valence-electron chi connectivity index (χ1n) is 5.20. The Labute approximate surface area is 113 Å². The van der Waals surface area contributed by atoms with E-state index in [0.29, 0.717) is 5.56 Å². The second kappa shape index (κ2) is 6.08. The molecule has 1 aromatic rings. The molecular weight excluding hydrogens is 305 g/mol. The van der Waals surface area contributed by atoms with Crippen LogP contribution in [0.1, 0.15) is 12.0 Å². The van der Waals surface area contributed by atoms with E-state index in [-0.39, 0.29) is 16.5 Å². The lowest BCUT2D eigenvalue weighted by Crippen LogP contribution is -2.28. The highest BCUT2D eigenvalue weighted by Crippen LogP contribution is 2.23. The summed E-state index contributed by atoms with van der Waals surface area (Å²) in [7, 11) is -4.06. The van der Waals surface area contributed by atoms with E-state index in [1.807, 2.05) is 4.72 Å². The number of halogens is 4. The third-order valence-electron chi connectivity index (χ3n) is 2.22. The maximum absolute atomic E-state index is 11.9. The quantitative estimate of drug-likeness (QED) is 0.873. The summed E-state index contributed by atoms with van der Waals surface area (Å²) >= 11 is 5.76. The fourth-order valence-electron chi connectivity index (χ4n) is 1.29. The van der Waals surface area contributed by atoms with Gasteiger partial charge in [0.05, 0.1) is 11.4 Å². The zero-order valence-corrected chi connectivity index (χ0v) is 11.2. The third-order valence-corrected chi connectivity index (χ3v) is 4.17. The maximum atomic E-state index is 11.9. The van der Waals surface area contributed by atoms with Crippen LogP contribution in [0.2, 0.25) is 5.02 Å². The van der Waals surface area contributed by atoms with Crippen LogP contribution in [0.25, 0.3) is 0 Å². The first-order valence-corrected chi connectivity index (χ1v) is 7.07. The van der Waals surface area contributed by atoms with Gasteiger partial charge in [0.15, 0.2) is 0 Å². The predicted molar refractivity (Wildman–Crippen MR) is 65.2 cm³/mol. The van der Waals surface area contributed by atoms with E-state index in [0.717, 1.165) is 0 Å². The molecule has 19 heavy (non-hydrogen) atoms. The average Bonchev–Trinajstić information content (AvgIpc) is 2.26. The zero-order valence-electron chi connectivity index (χ0n) is 9.67. The summed E-state index contributed by atoms with van der Waals surface area (Å²) < 4.78 is 61.1. The Morgan fingerprint density at radius 1 is 1.32 bits per heavy atom. The molecule has 0 saturated heterocycles. The van der Waals surface area contributed by atoms with Gasteiger partial charge in [-0.2, -0.15) is 13.2 Å². The van der Waals surface area contributed by atoms with Gasteiger partial charge in [0, 0.05) is 13.1 Å². The SMILES string of the molecule is NCc1ccc(S(=O)(=O)NCCC(F)(F)F)c(Cl)c1. The highest BCUT2D eigenvalue weighted by Gasteiger charge is 2.28. The molecule has 0 aliphatic carbocycles. The molecule has 0 aromatic heterocycles. The number of nitrogens with one attached hydrogen (secondary N) is 1. The molecule has 0 heterocycles. The highest BCUT2D eigenvalue weighted by atomic mass is 35.5. The van der Waals surface area contributed by atoms with Crippen molar-refractivity contribution in [3.63, 3.8) is 0 Å². The van der Waals surface area contributed by atoms with Crippen molar-refractivity contribution in [3.8, 4) is 0 Å². The summed E-state index contributed by atoms with van der Waals surface area (Å²) in [6, 6.07) is 4.02. The normalized spacial score (nSPS) is 12.7. The zero-order chi connectivity index (χ0) is 14.7. The lowest BCUT2D eigenvalue weighted by atomic mass is 10.2. The van der Waals surface area contributed by atoms with E-state index in [2.05, 4.69) is 0 Å². The number of hydrogen-bond donors (Lipinski definition) is 2. The fraction of sp³-hybridized carbons (Fsp3) is 0.400. The van der Waals surface area contributed by atoms with Crippen molar-refractivity contribution in [2.45, 2.75) is 24.0 Å². The molecule has 0 amide bonds. The van der Waals surface area contributed by atoms with Gasteiger partial charge in [-0.05, 0) is 17.7 Å². The summed E-state index contributed by atoms with van der Waals surface area (Å²) in [5.41, 5.74) is 5.98. The van der Waals surface area contributed by atoms with E-state index in [1.165, 1.54) is 18.2 Å². The first kappa shape index (κ1) is 16.2. The van der Waals surface area contributed by atoms with Crippen LogP contribution in [-0.2, 0) is 16.6 Å². The predicted octanol–water partition coefficient (Wildman–Crippen LogP) is 2.03. The van der Waals surface area contributed by atoms with Crippen molar-refractivity contribution in [2.75, 3.05) is 6.54 Å². The van der Waals surface area contributed by atoms with E-state index in [1.54, 1.807) is 0 Å². The molecule has 0 aliphatic heterocycles. The van der Waals surface area contributed by atoms with Crippen molar-refractivity contribution in [1.29, 1.82) is 0 Å². The topological polar surface area (TPSA) is 72.2 Å². The minimum absolute atomic E-state index is 0.0811. The van der Waals surface area contributed by atoms with E-state index < -0.39 is 29.2 Å². The number of nitrogens with two attached hydrogens (primary N) is 1. The Morgan fingerprint density at radius 2 is 1.95 bits per heavy atom. The minimum Gasteiger partial charge on any atom is -0.326 e. The number of benzene rings is 1. The summed E-state index contributed by atoms with van der Waals surface area (Å²) in [6.45, 7) is -0.553. The average molecular weight is 317 g/mol. The summed E-state index contributed by atoms with van der Waals surface area (Å²) in [6.07, 6.45) is -5.67. The van der Waals surface area contributed by atoms with Crippen LogP contribution in [0.3, 0.4) is 0 Å². The molecule has 0 unspecified atom stereocenters. The van der Waals surface area contributed by atoms with Gasteiger partial charge in [0.25, 0.3) is 0 Å². The molecule has 0 atom stereocenters. The minimum atomic E-state index is -4.42. The van der Waals surface area contributed by atoms with E-state index in [4.69, 9.17) is 17.3 Å². The second-order valence-corrected chi connectivity index (χ2v) is 5.87. The number of rotatable bonds is 5. The Morgan fingerprint density at radius 3 is 2.42 bits per heavy atom. The molecule has 3 N–H and O–H groups in total. The van der Waals surface area contributed by atoms with Gasteiger partial charge in [-0.1, -0.05) is 17.7 Å². The Hall–Kier alpha value is -0.830. The molecule has 4 nitrogen and oxygen atoms in total. The fourth-order valence-corrected chi connectivity index (χ4v) is 2.89. The number of alkyl halides is 3. The Kier molecular flexibility index (Phi) is 5.19. The molecule has 0 radical (unpaired) electrons. The smallest absolute Gasteiger partial charge is 0.326 e. The van der Waals surface area contributed by atoms with Gasteiger partial charge < -0.3 is 5.73 Å². The van der Waals surface area contributed by atoms with Crippen LogP contribution < -0.4 is 10.5 Å². The second-order valence-electron chi connectivity index (χ2n) is 3.73. The monoisotopic (exact) mass is 316 g/mol. The molecule has 0 saturated carbocycles. The van der Waals surface area contributed by atoms with Crippen LogP contribution in [0.4, 0.5) is 13.2 Å². The van der Waals surface area contributed by atoms with Crippen molar-refractivity contribution < 1.29 is 21.6 Å². The van der Waals surface area contributed by atoms with Gasteiger partial charge in [0.2, 0.25) is 10.0 Å². The summed E-state index contributed by atoms with van der Waals surface area (Å²) in [5.74, 6) is 0. The maximum Gasteiger partial charge on any atom is 0.390 e. The molecule has 1 aromatic carbocycles. The number of hydrogen-bond acceptors (Lipinski definition) is 3. The first-order chi connectivity index (χ1) is 8.65. The molecule has 0 aliphatic rings. The molecular formula is C10H12ClF3N2O2S. The largest absolute Gasteiger partial charge is 0.390 e. The Bertz CT molecular complexity index is 546. The number of sulfonamides is 1. The van der Waals surface area contributed by atoms with Gasteiger partial charge in [0.1, 0.15) is 4.90 Å². The van der Waals surface area contributed by atoms with Crippen molar-refractivity contribution >= 4 is 21.6 Å². The molecule has 0 fully saturated rings. The molecule has 0 bridgehead atoms. The van der Waals surface area contributed by atoms with Crippen LogP contribution in [0.15, 0.2) is 23.1 Å². The van der Waals surface area contributed by atoms with Crippen molar-refractivity contribution in [1.82, 2.24) is 4.72 Å². The molecule has 108 valence electrons. The van der Waals surface area contributed by atoms with Crippen molar-refractivity contribution in [2.24, 2.45) is 5.73 Å². The van der Waals surface area contributed by atoms with Gasteiger partial charge in [-0.3, -0.25) is 0 Å². The van der Waals surface area contributed by atoms with Crippen LogP contribution in [0, 0.1) is 0 Å². The molecule has 0 spiro atoms. The Balaban J connectivity index is 2.83. The van der Waals surface area contributed by atoms with Gasteiger partial charge in [-0.25, -0.2) is 13.1 Å². The summed E-state index contributed by atoms with van der Waals surface area (Å²) in [5, 5.41) is -0.0811. The van der Waals surface area contributed by atoms with Crippen molar-refractivity contribution in [3.05, 3.63) is 28.8 Å². The summed E-state index contributed by atoms with van der Waals surface area (Å²) in [4.78, 5) is -0.270. The molecule has 1 rings (SSSR count). The lowest BCUT2D eigenvalue weighted by molar-refractivity contribution is -0.132. The highest BCUT2D eigenvalue weighted by molar-refractivity contribution is 7.89. The van der Waals surface area contributed by atoms with Crippen LogP contribution in [0.5, 0.6) is 0 Å². The standard InChI is InChI=1S/C10H12ClF3N2O2S/c11-8-5-7(6-15)1-2-9(8)19(17,18)16-4-3-10(12,13)14/h1-2,5,16H,3-4,6,15H2. The third kappa shape index (κ3) is 4.98. The van der Waals surface area contributed by atoms with Gasteiger partial charge >= 0.3 is 6.18 Å². The lowest BCUT2D eigenvalue weighted by Gasteiger charge is -2.10. The van der Waals surface area contributed by atoms with Crippen LogP contribution >= 0.6 is 11.6 Å². The van der Waals surface area contributed by atoms with E-state index in [9.17, 15) is 21.6 Å². The van der Waals surface area contributed by atoms with E-state index >= 15 is 0 Å².